The summed E-state index contributed by atoms with van der Waals surface area (Å²) < 4.78 is 5.16. The van der Waals surface area contributed by atoms with Crippen LogP contribution in [0.5, 0.6) is 5.75 Å². The van der Waals surface area contributed by atoms with Gasteiger partial charge < -0.3 is 14.9 Å². The molecule has 0 saturated heterocycles. The molecule has 3 aromatic carbocycles. The molecule has 0 amide bonds. The van der Waals surface area contributed by atoms with Gasteiger partial charge in [0.2, 0.25) is 0 Å². The van der Waals surface area contributed by atoms with Gasteiger partial charge in [0, 0.05) is 0 Å². The highest BCUT2D eigenvalue weighted by Crippen LogP contribution is 2.32. The van der Waals surface area contributed by atoms with Gasteiger partial charge in [0.05, 0.1) is 19.1 Å². The molecule has 0 fully saturated rings. The molecule has 136 valence electrons. The van der Waals surface area contributed by atoms with E-state index in [1.165, 1.54) is 0 Å². The van der Waals surface area contributed by atoms with Gasteiger partial charge in [-0.2, -0.15) is 0 Å². The molecule has 0 bridgehead atoms. The lowest BCUT2D eigenvalue weighted by Crippen LogP contribution is -2.10. The molecule has 3 rings (SSSR count). The monoisotopic (exact) mass is 362 g/mol. The Kier molecular flexibility index (Phi) is 5.22. The summed E-state index contributed by atoms with van der Waals surface area (Å²) in [6.45, 7) is 0. The molecular weight excluding hydrogens is 344 g/mol. The number of aliphatic carboxylic acids is 2. The van der Waals surface area contributed by atoms with Gasteiger partial charge >= 0.3 is 11.9 Å². The molecule has 0 aliphatic carbocycles. The van der Waals surface area contributed by atoms with Gasteiger partial charge in [-0.3, -0.25) is 4.79 Å². The van der Waals surface area contributed by atoms with Crippen molar-refractivity contribution >= 4 is 28.3 Å². The maximum Gasteiger partial charge on any atom is 0.332 e. The second-order valence-corrected chi connectivity index (χ2v) is 6.02. The number of carboxylic acids is 2. The van der Waals surface area contributed by atoms with E-state index in [4.69, 9.17) is 4.74 Å². The van der Waals surface area contributed by atoms with Crippen LogP contribution in [0.25, 0.3) is 16.3 Å². The second kappa shape index (κ2) is 7.74. The summed E-state index contributed by atoms with van der Waals surface area (Å²) in [7, 11) is 1.54. The topological polar surface area (TPSA) is 83.8 Å². The van der Waals surface area contributed by atoms with E-state index in [2.05, 4.69) is 0 Å². The van der Waals surface area contributed by atoms with Crippen LogP contribution < -0.4 is 4.74 Å². The van der Waals surface area contributed by atoms with Crippen molar-refractivity contribution in [1.82, 2.24) is 0 Å². The third kappa shape index (κ3) is 3.98. The van der Waals surface area contributed by atoms with Crippen molar-refractivity contribution in [2.45, 2.75) is 6.42 Å². The van der Waals surface area contributed by atoms with Crippen LogP contribution in [-0.2, 0) is 9.59 Å². The first-order valence-electron chi connectivity index (χ1n) is 8.31. The second-order valence-electron chi connectivity index (χ2n) is 6.02. The fraction of sp³-hybridized carbons (Fsp3) is 0.0909. The van der Waals surface area contributed by atoms with Crippen LogP contribution in [0.3, 0.4) is 0 Å². The highest BCUT2D eigenvalue weighted by atomic mass is 16.5. The predicted octanol–water partition coefficient (Wildman–Crippen LogP) is 4.21. The normalized spacial score (nSPS) is 11.7. The zero-order valence-electron chi connectivity index (χ0n) is 14.7. The van der Waals surface area contributed by atoms with E-state index >= 15 is 0 Å². The van der Waals surface area contributed by atoms with Crippen molar-refractivity contribution in [1.29, 1.82) is 0 Å². The van der Waals surface area contributed by atoms with E-state index in [9.17, 15) is 19.8 Å². The molecule has 0 radical (unpaired) electrons. The van der Waals surface area contributed by atoms with Crippen molar-refractivity contribution < 1.29 is 24.5 Å². The number of rotatable bonds is 6. The average Bonchev–Trinajstić information content (AvgIpc) is 2.67. The summed E-state index contributed by atoms with van der Waals surface area (Å²) >= 11 is 0. The predicted molar refractivity (Wildman–Crippen MR) is 103 cm³/mol. The van der Waals surface area contributed by atoms with E-state index in [-0.39, 0.29) is 5.57 Å². The minimum absolute atomic E-state index is 0.164. The first-order chi connectivity index (χ1) is 13.0. The summed E-state index contributed by atoms with van der Waals surface area (Å²) in [5.74, 6) is -1.82. The van der Waals surface area contributed by atoms with Gasteiger partial charge in [-0.25, -0.2) is 4.79 Å². The maximum absolute atomic E-state index is 11.9. The van der Waals surface area contributed by atoms with Crippen LogP contribution in [0.15, 0.2) is 72.3 Å². The summed E-state index contributed by atoms with van der Waals surface area (Å²) in [4.78, 5) is 23.1. The molecule has 3 aromatic rings. The molecule has 0 unspecified atom stereocenters. The first-order valence-corrected chi connectivity index (χ1v) is 8.31. The van der Waals surface area contributed by atoms with E-state index in [0.717, 1.165) is 10.8 Å². The highest BCUT2D eigenvalue weighted by Gasteiger charge is 2.21. The van der Waals surface area contributed by atoms with E-state index < -0.39 is 18.4 Å². The Bertz CT molecular complexity index is 1030. The SMILES string of the molecule is COc1ccc(/C(=C(\CC(=O)O)C(=O)O)c2ccc3ccccc3c2)cc1. The molecule has 0 spiro atoms. The number of carboxylic acid groups (broad SMARTS) is 2. The molecule has 0 aliphatic rings. The standard InChI is InChI=1S/C22H18O5/c1-27-18-10-8-15(9-11-18)21(19(22(25)26)13-20(23)24)17-7-6-14-4-2-3-5-16(14)12-17/h2-12H,13H2,1H3,(H,23,24)(H,25,26)/b21-19-. The van der Waals surface area contributed by atoms with E-state index in [0.29, 0.717) is 22.4 Å². The van der Waals surface area contributed by atoms with Gasteiger partial charge in [-0.05, 0) is 45.7 Å². The number of fused-ring (bicyclic) bond motifs is 1. The number of benzene rings is 3. The van der Waals surface area contributed by atoms with Crippen molar-refractivity contribution in [3.63, 3.8) is 0 Å². The van der Waals surface area contributed by atoms with Gasteiger partial charge in [-0.1, -0.05) is 48.5 Å². The van der Waals surface area contributed by atoms with Gasteiger partial charge in [0.25, 0.3) is 0 Å². The lowest BCUT2D eigenvalue weighted by Gasteiger charge is -2.14. The molecule has 0 aromatic heterocycles. The lowest BCUT2D eigenvalue weighted by atomic mass is 9.90. The van der Waals surface area contributed by atoms with Crippen molar-refractivity contribution in [2.24, 2.45) is 0 Å². The number of methoxy groups -OCH3 is 1. The lowest BCUT2D eigenvalue weighted by molar-refractivity contribution is -0.139. The molecular formula is C22H18O5. The zero-order chi connectivity index (χ0) is 19.4. The third-order valence-electron chi connectivity index (χ3n) is 4.30. The molecule has 0 heterocycles. The van der Waals surface area contributed by atoms with Crippen molar-refractivity contribution in [3.05, 3.63) is 83.4 Å². The largest absolute Gasteiger partial charge is 0.497 e. The fourth-order valence-electron chi connectivity index (χ4n) is 3.04. The van der Waals surface area contributed by atoms with Crippen molar-refractivity contribution in [3.8, 4) is 5.75 Å². The molecule has 2 N–H and O–H groups in total. The Morgan fingerprint density at radius 1 is 0.852 bits per heavy atom. The van der Waals surface area contributed by atoms with Crippen LogP contribution in [-0.4, -0.2) is 29.3 Å². The number of hydrogen-bond donors (Lipinski definition) is 2. The zero-order valence-corrected chi connectivity index (χ0v) is 14.7. The van der Waals surface area contributed by atoms with Crippen LogP contribution in [0, 0.1) is 0 Å². The molecule has 27 heavy (non-hydrogen) atoms. The van der Waals surface area contributed by atoms with Crippen LogP contribution >= 0.6 is 0 Å². The smallest absolute Gasteiger partial charge is 0.332 e. The minimum atomic E-state index is -1.25. The number of hydrogen-bond acceptors (Lipinski definition) is 3. The van der Waals surface area contributed by atoms with Gasteiger partial charge in [0.1, 0.15) is 5.75 Å². The molecule has 5 heteroatoms. The summed E-state index contributed by atoms with van der Waals surface area (Å²) in [6.07, 6.45) is -0.580. The summed E-state index contributed by atoms with van der Waals surface area (Å²) in [6, 6.07) is 20.2. The summed E-state index contributed by atoms with van der Waals surface area (Å²) in [5.41, 5.74) is 1.49. The van der Waals surface area contributed by atoms with Crippen LogP contribution in [0.1, 0.15) is 17.5 Å². The van der Waals surface area contributed by atoms with Gasteiger partial charge in [0.15, 0.2) is 0 Å². The van der Waals surface area contributed by atoms with E-state index in [1.807, 2.05) is 42.5 Å². The van der Waals surface area contributed by atoms with Gasteiger partial charge in [-0.15, -0.1) is 0 Å². The van der Waals surface area contributed by atoms with Crippen LogP contribution in [0.4, 0.5) is 0 Å². The number of ether oxygens (including phenoxy) is 1. The molecule has 0 saturated carbocycles. The van der Waals surface area contributed by atoms with Crippen LogP contribution in [0.2, 0.25) is 0 Å². The summed E-state index contributed by atoms with van der Waals surface area (Å²) in [5, 5.41) is 20.9. The first kappa shape index (κ1) is 18.2. The maximum atomic E-state index is 11.9. The Balaban J connectivity index is 2.26. The quantitative estimate of drug-likeness (QED) is 0.642. The molecule has 0 atom stereocenters. The molecule has 0 aliphatic heterocycles. The fourth-order valence-corrected chi connectivity index (χ4v) is 3.04. The highest BCUT2D eigenvalue weighted by molar-refractivity contribution is 6.04. The average molecular weight is 362 g/mol. The Hall–Kier alpha value is -3.60. The Morgan fingerprint density at radius 2 is 1.48 bits per heavy atom. The Morgan fingerprint density at radius 3 is 2.07 bits per heavy atom. The number of carbonyl (C=O) groups is 2. The van der Waals surface area contributed by atoms with E-state index in [1.54, 1.807) is 31.4 Å². The molecule has 5 nitrogen and oxygen atoms in total. The van der Waals surface area contributed by atoms with Crippen molar-refractivity contribution in [2.75, 3.05) is 7.11 Å². The minimum Gasteiger partial charge on any atom is -0.497 e. The third-order valence-corrected chi connectivity index (χ3v) is 4.30. The Labute approximate surface area is 156 Å².